The topological polar surface area (TPSA) is 106 Å². The maximum Gasteiger partial charge on any atom is 0.337 e. The van der Waals surface area contributed by atoms with E-state index in [1.807, 2.05) is 0 Å². The van der Waals surface area contributed by atoms with E-state index in [2.05, 4.69) is 32.7 Å². The number of aromatic carboxylic acids is 1. The summed E-state index contributed by atoms with van der Waals surface area (Å²) in [7, 11) is 0. The summed E-state index contributed by atoms with van der Waals surface area (Å²) in [5.41, 5.74) is -0.402. The standard InChI is InChI=1S/C18H23Cl2N5O3/c1-2-4-18(25-7-6-21-10-25)5-3-14(23-24-18)16(26)22-15-9-13(20)12(19)8-11(15)17(27)28/h8-9,14,21H,2-7,10H2,1H3,(H,22,26)(H,27,28). The van der Waals surface area contributed by atoms with E-state index in [1.54, 1.807) is 0 Å². The Bertz CT molecular complexity index is 798. The van der Waals surface area contributed by atoms with Gasteiger partial charge in [0.2, 0.25) is 0 Å². The molecule has 3 rings (SSSR count). The Kier molecular flexibility index (Phi) is 6.54. The average Bonchev–Trinajstić information content (AvgIpc) is 3.20. The fraction of sp³-hybridized carbons (Fsp3) is 0.556. The Hall–Kier alpha value is -1.74. The molecule has 2 unspecified atom stereocenters. The highest BCUT2D eigenvalue weighted by Gasteiger charge is 2.41. The smallest absolute Gasteiger partial charge is 0.337 e. The van der Waals surface area contributed by atoms with Crippen LogP contribution in [0.4, 0.5) is 5.69 Å². The molecule has 1 aromatic carbocycles. The molecule has 2 atom stereocenters. The molecule has 28 heavy (non-hydrogen) atoms. The Labute approximate surface area is 173 Å². The minimum atomic E-state index is -1.21. The molecular formula is C18H23Cl2N5O3. The second kappa shape index (κ2) is 8.73. The number of carbonyl (C=O) groups is 2. The summed E-state index contributed by atoms with van der Waals surface area (Å²) < 4.78 is 0. The summed E-state index contributed by atoms with van der Waals surface area (Å²) in [4.78, 5) is 26.4. The van der Waals surface area contributed by atoms with E-state index in [0.717, 1.165) is 39.0 Å². The molecule has 1 amide bonds. The number of benzene rings is 1. The molecule has 0 spiro atoms. The van der Waals surface area contributed by atoms with E-state index in [-0.39, 0.29) is 27.0 Å². The third-order valence-corrected chi connectivity index (χ3v) is 5.88. The van der Waals surface area contributed by atoms with Crippen molar-refractivity contribution in [3.63, 3.8) is 0 Å². The maximum absolute atomic E-state index is 12.7. The van der Waals surface area contributed by atoms with Crippen LogP contribution in [0, 0.1) is 0 Å². The minimum Gasteiger partial charge on any atom is -0.478 e. The maximum atomic E-state index is 12.7. The predicted octanol–water partition coefficient (Wildman–Crippen LogP) is 3.60. The van der Waals surface area contributed by atoms with Crippen LogP contribution in [0.3, 0.4) is 0 Å². The van der Waals surface area contributed by atoms with Crippen molar-refractivity contribution in [2.75, 3.05) is 25.1 Å². The van der Waals surface area contributed by atoms with Crippen LogP contribution in [0.1, 0.15) is 43.0 Å². The molecule has 2 heterocycles. The number of nitrogens with one attached hydrogen (secondary N) is 2. The third-order valence-electron chi connectivity index (χ3n) is 5.15. The van der Waals surface area contributed by atoms with Gasteiger partial charge in [-0.05, 0) is 31.4 Å². The highest BCUT2D eigenvalue weighted by Crippen LogP contribution is 2.35. The van der Waals surface area contributed by atoms with Crippen LogP contribution in [-0.4, -0.2) is 53.3 Å². The number of carboxylic acids is 1. The number of amides is 1. The fourth-order valence-electron chi connectivity index (χ4n) is 3.70. The fourth-order valence-corrected chi connectivity index (χ4v) is 4.02. The first-order valence-electron chi connectivity index (χ1n) is 9.27. The van der Waals surface area contributed by atoms with E-state index in [1.165, 1.54) is 12.1 Å². The Morgan fingerprint density at radius 3 is 2.71 bits per heavy atom. The molecule has 2 aliphatic heterocycles. The third kappa shape index (κ3) is 4.30. The zero-order chi connectivity index (χ0) is 20.3. The van der Waals surface area contributed by atoms with Crippen molar-refractivity contribution in [3.05, 3.63) is 27.7 Å². The quantitative estimate of drug-likeness (QED) is 0.642. The molecule has 1 aromatic rings. The van der Waals surface area contributed by atoms with Crippen LogP contribution in [0.2, 0.25) is 10.0 Å². The monoisotopic (exact) mass is 427 g/mol. The number of azo groups is 1. The predicted molar refractivity (Wildman–Crippen MR) is 107 cm³/mol. The lowest BCUT2D eigenvalue weighted by atomic mass is 9.93. The normalized spacial score (nSPS) is 25.0. The van der Waals surface area contributed by atoms with Gasteiger partial charge in [0.05, 0.1) is 28.0 Å². The number of nitrogens with zero attached hydrogens (tertiary/aromatic N) is 3. The van der Waals surface area contributed by atoms with Crippen LogP contribution in [0.5, 0.6) is 0 Å². The van der Waals surface area contributed by atoms with E-state index >= 15 is 0 Å². The van der Waals surface area contributed by atoms with Crippen molar-refractivity contribution in [1.29, 1.82) is 0 Å². The molecular weight excluding hydrogens is 405 g/mol. The van der Waals surface area contributed by atoms with Gasteiger partial charge < -0.3 is 15.7 Å². The van der Waals surface area contributed by atoms with Crippen molar-refractivity contribution in [2.24, 2.45) is 10.2 Å². The molecule has 152 valence electrons. The zero-order valence-corrected chi connectivity index (χ0v) is 17.1. The van der Waals surface area contributed by atoms with Crippen molar-refractivity contribution < 1.29 is 14.7 Å². The summed E-state index contributed by atoms with van der Waals surface area (Å²) in [6, 6.07) is 1.89. The number of anilines is 1. The summed E-state index contributed by atoms with van der Waals surface area (Å²) in [5, 5.41) is 24.4. The van der Waals surface area contributed by atoms with Crippen molar-refractivity contribution in [3.8, 4) is 0 Å². The van der Waals surface area contributed by atoms with E-state index in [0.29, 0.717) is 6.42 Å². The Morgan fingerprint density at radius 1 is 1.39 bits per heavy atom. The summed E-state index contributed by atoms with van der Waals surface area (Å²) in [6.45, 7) is 4.69. The highest BCUT2D eigenvalue weighted by atomic mass is 35.5. The van der Waals surface area contributed by atoms with E-state index in [4.69, 9.17) is 23.2 Å². The molecule has 1 fully saturated rings. The molecule has 0 saturated carbocycles. The lowest BCUT2D eigenvalue weighted by Gasteiger charge is -2.40. The van der Waals surface area contributed by atoms with Crippen LogP contribution in [0.15, 0.2) is 22.4 Å². The Balaban J connectivity index is 1.76. The van der Waals surface area contributed by atoms with E-state index in [9.17, 15) is 14.7 Å². The minimum absolute atomic E-state index is 0.0937. The number of hydrogen-bond donors (Lipinski definition) is 3. The van der Waals surface area contributed by atoms with E-state index < -0.39 is 17.9 Å². The van der Waals surface area contributed by atoms with Crippen LogP contribution < -0.4 is 10.6 Å². The van der Waals surface area contributed by atoms with Gasteiger partial charge in [-0.1, -0.05) is 36.5 Å². The van der Waals surface area contributed by atoms with Gasteiger partial charge in [0.1, 0.15) is 11.7 Å². The number of hydrogen-bond acceptors (Lipinski definition) is 6. The first-order valence-corrected chi connectivity index (χ1v) is 10.0. The molecule has 1 saturated heterocycles. The highest BCUT2D eigenvalue weighted by molar-refractivity contribution is 6.42. The van der Waals surface area contributed by atoms with Crippen molar-refractivity contribution in [2.45, 2.75) is 44.3 Å². The first kappa shape index (κ1) is 21.0. The van der Waals surface area contributed by atoms with Gasteiger partial charge in [-0.3, -0.25) is 9.69 Å². The molecule has 0 aromatic heterocycles. The van der Waals surface area contributed by atoms with Gasteiger partial charge in [0.25, 0.3) is 5.91 Å². The average molecular weight is 428 g/mol. The van der Waals surface area contributed by atoms with Gasteiger partial charge in [0.15, 0.2) is 0 Å². The Morgan fingerprint density at radius 2 is 2.14 bits per heavy atom. The molecule has 3 N–H and O–H groups in total. The SMILES string of the molecule is CCCC1(N2CCNC2)CCC(C(=O)Nc2cc(Cl)c(Cl)cc2C(=O)O)N=N1. The number of rotatable bonds is 6. The summed E-state index contributed by atoms with van der Waals surface area (Å²) in [5.74, 6) is -1.61. The lowest BCUT2D eigenvalue weighted by Crippen LogP contribution is -2.49. The number of carboxylic acid groups (broad SMARTS) is 1. The van der Waals surface area contributed by atoms with Gasteiger partial charge in [-0.2, -0.15) is 10.2 Å². The molecule has 2 aliphatic rings. The van der Waals surface area contributed by atoms with Crippen molar-refractivity contribution >= 4 is 40.8 Å². The second-order valence-corrected chi connectivity index (χ2v) is 7.84. The second-order valence-electron chi connectivity index (χ2n) is 7.03. The first-order chi connectivity index (χ1) is 13.4. The molecule has 10 heteroatoms. The van der Waals surface area contributed by atoms with Gasteiger partial charge in [-0.15, -0.1) is 0 Å². The number of carbonyl (C=O) groups excluding carboxylic acids is 1. The molecule has 0 aliphatic carbocycles. The molecule has 8 nitrogen and oxygen atoms in total. The van der Waals surface area contributed by atoms with Gasteiger partial charge in [0, 0.05) is 13.1 Å². The molecule has 0 bridgehead atoms. The van der Waals surface area contributed by atoms with Gasteiger partial charge in [-0.25, -0.2) is 4.79 Å². The van der Waals surface area contributed by atoms with Gasteiger partial charge >= 0.3 is 5.97 Å². The lowest BCUT2D eigenvalue weighted by molar-refractivity contribution is -0.118. The van der Waals surface area contributed by atoms with Crippen LogP contribution in [-0.2, 0) is 4.79 Å². The van der Waals surface area contributed by atoms with Crippen molar-refractivity contribution in [1.82, 2.24) is 10.2 Å². The van der Waals surface area contributed by atoms with Crippen LogP contribution in [0.25, 0.3) is 0 Å². The zero-order valence-electron chi connectivity index (χ0n) is 15.5. The summed E-state index contributed by atoms with van der Waals surface area (Å²) >= 11 is 11.9. The summed E-state index contributed by atoms with van der Waals surface area (Å²) in [6.07, 6.45) is 3.10. The largest absolute Gasteiger partial charge is 0.478 e. The molecule has 0 radical (unpaired) electrons. The van der Waals surface area contributed by atoms with Crippen LogP contribution >= 0.6 is 23.2 Å². The number of halogens is 2.